The van der Waals surface area contributed by atoms with E-state index in [-0.39, 0.29) is 17.7 Å². The van der Waals surface area contributed by atoms with Crippen LogP contribution in [0, 0.1) is 13.8 Å². The minimum Gasteiger partial charge on any atom is -0.358 e. The summed E-state index contributed by atoms with van der Waals surface area (Å²) in [4.78, 5) is 43.0. The minimum atomic E-state index is -0.133. The average molecular weight is 748 g/mol. The van der Waals surface area contributed by atoms with Gasteiger partial charge in [-0.2, -0.15) is 0 Å². The predicted octanol–water partition coefficient (Wildman–Crippen LogP) is 9.71. The predicted molar refractivity (Wildman–Crippen MR) is 229 cm³/mol. The highest BCUT2D eigenvalue weighted by Crippen LogP contribution is 2.37. The van der Waals surface area contributed by atoms with E-state index in [0.29, 0.717) is 35.9 Å². The Hall–Kier alpha value is -5.73. The number of nitrogens with zero attached hydrogens (tertiary/aromatic N) is 1. The number of aromatic nitrogens is 1. The van der Waals surface area contributed by atoms with E-state index in [0.717, 1.165) is 75.8 Å². The first kappa shape index (κ1) is 38.5. The van der Waals surface area contributed by atoms with Crippen molar-refractivity contribution in [3.8, 4) is 22.3 Å². The van der Waals surface area contributed by atoms with Crippen molar-refractivity contribution in [1.82, 2.24) is 15.2 Å². The monoisotopic (exact) mass is 747 g/mol. The zero-order chi connectivity index (χ0) is 39.5. The number of carbonyl (C=O) groups excluding carboxylic acids is 3. The van der Waals surface area contributed by atoms with Gasteiger partial charge >= 0.3 is 0 Å². The number of fused-ring (bicyclic) bond motifs is 2. The molecule has 0 unspecified atom stereocenters. The summed E-state index contributed by atoms with van der Waals surface area (Å²) in [5.74, 6) is 0.858. The quantitative estimate of drug-likeness (QED) is 0.113. The van der Waals surface area contributed by atoms with Gasteiger partial charge in [0, 0.05) is 41.4 Å². The van der Waals surface area contributed by atoms with E-state index in [1.165, 1.54) is 29.5 Å². The number of aryl methyl sites for hydroxylation is 1. The highest BCUT2D eigenvalue weighted by Gasteiger charge is 2.26. The third kappa shape index (κ3) is 8.41. The largest absolute Gasteiger partial charge is 0.358 e. The van der Waals surface area contributed by atoms with Crippen molar-refractivity contribution in [1.29, 1.82) is 0 Å². The third-order valence-corrected chi connectivity index (χ3v) is 11.2. The van der Waals surface area contributed by atoms with E-state index >= 15 is 0 Å². The fourth-order valence-corrected chi connectivity index (χ4v) is 7.89. The van der Waals surface area contributed by atoms with E-state index in [4.69, 9.17) is 0 Å². The standard InChI is InChI=1S/C31H36N4O2.C17H17NO/c1-19(2)22-8-7-9-23(16-22)24-10-11-25-26(30(36)34-28(25)17-24)18-27-20(3)29(21(4)33-27)31(37)32-12-15-35-13-5-6-14-35;1-11(2)12-4-3-5-13(8-12)14-6-7-15-10-17(19)18-16(15)9-14/h7-11,16-19,33H,5-6,12-15H2,1-4H3,(H,32,37)(H,34,36);3-9,11H,10H2,1-2H3,(H,18,19). The van der Waals surface area contributed by atoms with Crippen molar-refractivity contribution in [2.45, 2.75) is 72.6 Å². The second-order valence-electron chi connectivity index (χ2n) is 15.9. The van der Waals surface area contributed by atoms with E-state index in [2.05, 4.69) is 120 Å². The molecule has 4 N–H and O–H groups in total. The fourth-order valence-electron chi connectivity index (χ4n) is 7.89. The number of hydrogen-bond donors (Lipinski definition) is 4. The van der Waals surface area contributed by atoms with Crippen LogP contribution in [-0.4, -0.2) is 53.8 Å². The maximum Gasteiger partial charge on any atom is 0.256 e. The molecule has 8 nitrogen and oxygen atoms in total. The summed E-state index contributed by atoms with van der Waals surface area (Å²) in [6.07, 6.45) is 4.85. The van der Waals surface area contributed by atoms with Crippen molar-refractivity contribution in [3.05, 3.63) is 130 Å². The summed E-state index contributed by atoms with van der Waals surface area (Å²) < 4.78 is 0. The van der Waals surface area contributed by atoms with Crippen LogP contribution in [0.5, 0.6) is 0 Å². The highest BCUT2D eigenvalue weighted by molar-refractivity contribution is 6.35. The van der Waals surface area contributed by atoms with Crippen LogP contribution in [0.3, 0.4) is 0 Å². The Morgan fingerprint density at radius 2 is 1.38 bits per heavy atom. The fraction of sp³-hybridized carbons (Fsp3) is 0.312. The highest BCUT2D eigenvalue weighted by atomic mass is 16.2. The Morgan fingerprint density at radius 1 is 0.768 bits per heavy atom. The minimum absolute atomic E-state index is 0.0698. The van der Waals surface area contributed by atoms with Crippen LogP contribution in [0.25, 0.3) is 33.9 Å². The second kappa shape index (κ2) is 16.6. The van der Waals surface area contributed by atoms with Gasteiger partial charge in [-0.15, -0.1) is 0 Å². The lowest BCUT2D eigenvalue weighted by atomic mass is 9.95. The Kier molecular flexibility index (Phi) is 11.4. The number of carbonyl (C=O) groups is 3. The number of aromatic amines is 1. The van der Waals surface area contributed by atoms with E-state index in [9.17, 15) is 14.4 Å². The van der Waals surface area contributed by atoms with Crippen molar-refractivity contribution >= 4 is 40.7 Å². The van der Waals surface area contributed by atoms with Gasteiger partial charge in [0.15, 0.2) is 0 Å². The van der Waals surface area contributed by atoms with Crippen LogP contribution in [0.15, 0.2) is 84.9 Å². The van der Waals surface area contributed by atoms with Crippen LogP contribution in [0.2, 0.25) is 0 Å². The molecule has 288 valence electrons. The lowest BCUT2D eigenvalue weighted by molar-refractivity contribution is -0.115. The Morgan fingerprint density at radius 3 is 2.02 bits per heavy atom. The van der Waals surface area contributed by atoms with E-state index < -0.39 is 0 Å². The Bertz CT molecular complexity index is 2330. The summed E-state index contributed by atoms with van der Waals surface area (Å²) in [6.45, 7) is 16.4. The molecule has 3 aliphatic heterocycles. The van der Waals surface area contributed by atoms with Gasteiger partial charge in [0.1, 0.15) is 0 Å². The molecule has 0 spiro atoms. The van der Waals surface area contributed by atoms with Gasteiger partial charge in [-0.05, 0) is 114 Å². The van der Waals surface area contributed by atoms with Gasteiger partial charge in [0.25, 0.3) is 11.8 Å². The number of likely N-dealkylation sites (tertiary alicyclic amines) is 1. The molecule has 0 aliphatic carbocycles. The van der Waals surface area contributed by atoms with Gasteiger partial charge in [-0.25, -0.2) is 0 Å². The number of amides is 3. The molecule has 1 fully saturated rings. The first-order valence-electron chi connectivity index (χ1n) is 20.0. The number of rotatable bonds is 9. The molecule has 3 amide bonds. The van der Waals surface area contributed by atoms with Crippen molar-refractivity contribution < 1.29 is 14.4 Å². The first-order chi connectivity index (χ1) is 26.9. The Labute approximate surface area is 330 Å². The number of anilines is 2. The summed E-state index contributed by atoms with van der Waals surface area (Å²) in [6, 6.07) is 29.5. The smallest absolute Gasteiger partial charge is 0.256 e. The second-order valence-corrected chi connectivity index (χ2v) is 15.9. The molecule has 4 aromatic carbocycles. The van der Waals surface area contributed by atoms with Gasteiger partial charge in [0.05, 0.1) is 17.6 Å². The molecule has 1 aromatic heterocycles. The molecule has 8 heteroatoms. The SMILES string of the molecule is CC(C)c1cccc(-c2ccc3c(c2)NC(=O)C3)c1.Cc1[nH]c(C=C2C(=O)Nc3cc(-c4cccc(C(C)C)c4)ccc32)c(C)c1C(=O)NCCN1CCCC1. The lowest BCUT2D eigenvalue weighted by Gasteiger charge is -2.14. The van der Waals surface area contributed by atoms with Crippen LogP contribution in [-0.2, 0) is 16.0 Å². The molecular weight excluding hydrogens is 695 g/mol. The summed E-state index contributed by atoms with van der Waals surface area (Å²) >= 11 is 0. The molecule has 0 atom stereocenters. The molecule has 56 heavy (non-hydrogen) atoms. The van der Waals surface area contributed by atoms with Crippen molar-refractivity contribution in [3.63, 3.8) is 0 Å². The normalized spacial score (nSPS) is 15.5. The molecule has 4 heterocycles. The van der Waals surface area contributed by atoms with Crippen LogP contribution < -0.4 is 16.0 Å². The molecule has 5 aromatic rings. The summed E-state index contributed by atoms with van der Waals surface area (Å²) in [5.41, 5.74) is 14.6. The molecule has 8 rings (SSSR count). The van der Waals surface area contributed by atoms with Crippen molar-refractivity contribution in [2.75, 3.05) is 36.8 Å². The van der Waals surface area contributed by atoms with E-state index in [1.807, 2.05) is 38.1 Å². The molecule has 0 radical (unpaired) electrons. The van der Waals surface area contributed by atoms with E-state index in [1.54, 1.807) is 0 Å². The maximum atomic E-state index is 13.0. The average Bonchev–Trinajstić information content (AvgIpc) is 3.97. The first-order valence-corrected chi connectivity index (χ1v) is 20.0. The molecule has 1 saturated heterocycles. The van der Waals surface area contributed by atoms with Crippen LogP contribution in [0.1, 0.15) is 102 Å². The van der Waals surface area contributed by atoms with Gasteiger partial charge in [-0.1, -0.05) is 100 Å². The summed E-state index contributed by atoms with van der Waals surface area (Å²) in [7, 11) is 0. The molecule has 3 aliphatic rings. The topological polar surface area (TPSA) is 106 Å². The molecule has 0 saturated carbocycles. The lowest BCUT2D eigenvalue weighted by Crippen LogP contribution is -2.33. The third-order valence-electron chi connectivity index (χ3n) is 11.2. The number of H-pyrrole nitrogens is 1. The van der Waals surface area contributed by atoms with Crippen molar-refractivity contribution in [2.24, 2.45) is 0 Å². The summed E-state index contributed by atoms with van der Waals surface area (Å²) in [5, 5.41) is 9.01. The molecular formula is C48H53N5O3. The molecule has 0 bridgehead atoms. The van der Waals surface area contributed by atoms with Gasteiger partial charge in [0.2, 0.25) is 5.91 Å². The number of nitrogens with one attached hydrogen (secondary N) is 4. The van der Waals surface area contributed by atoms with Gasteiger partial charge in [-0.3, -0.25) is 14.4 Å². The van der Waals surface area contributed by atoms with Crippen LogP contribution in [0.4, 0.5) is 11.4 Å². The number of benzene rings is 4. The maximum absolute atomic E-state index is 13.0. The Balaban J connectivity index is 0.000000211. The zero-order valence-electron chi connectivity index (χ0n) is 33.4. The zero-order valence-corrected chi connectivity index (χ0v) is 33.4. The van der Waals surface area contributed by atoms with Crippen LogP contribution >= 0.6 is 0 Å². The number of hydrogen-bond acceptors (Lipinski definition) is 4. The van der Waals surface area contributed by atoms with Gasteiger partial charge < -0.3 is 25.8 Å².